The summed E-state index contributed by atoms with van der Waals surface area (Å²) in [4.78, 5) is 63.4. The highest BCUT2D eigenvalue weighted by molar-refractivity contribution is 6.31. The Balaban J connectivity index is 1.71. The van der Waals surface area contributed by atoms with Crippen LogP contribution in [0.15, 0.2) is 12.1 Å². The summed E-state index contributed by atoms with van der Waals surface area (Å²) in [5.74, 6) is -11.4. The standard InChI is InChI=1S/C22H21F3N2O7/c23-21(24,25)7-27-6-8-1-2-12(28)15-11(8)4-9-3-10-5-13(29)16(20(26)33)19(32)22(10,34)18(31)14(9)17(15)30/h1-2,9-10,14,16,27-28,34H,3-7H2,(H2,26,33)/t9-,10+,14?,16?,22+/m1/s1. The number of fused-ring (bicyclic) bond motifs is 3. The first kappa shape index (κ1) is 24.0. The molecule has 1 aromatic rings. The molecule has 1 aromatic carbocycles. The molecule has 34 heavy (non-hydrogen) atoms. The lowest BCUT2D eigenvalue weighted by molar-refractivity contribution is -0.175. The minimum absolute atomic E-state index is 0.00310. The Morgan fingerprint density at radius 3 is 2.44 bits per heavy atom. The second-order valence-electron chi connectivity index (χ2n) is 9.06. The number of phenolic OH excluding ortho intramolecular Hbond substituents is 1. The van der Waals surface area contributed by atoms with Crippen molar-refractivity contribution in [3.8, 4) is 5.75 Å². The summed E-state index contributed by atoms with van der Waals surface area (Å²) in [7, 11) is 0. The number of carbonyl (C=O) groups is 5. The number of aliphatic hydroxyl groups is 1. The highest BCUT2D eigenvalue weighted by Gasteiger charge is 2.66. The van der Waals surface area contributed by atoms with E-state index in [0.717, 1.165) is 6.07 Å². The molecule has 4 rings (SSSR count). The second-order valence-corrected chi connectivity index (χ2v) is 9.06. The Morgan fingerprint density at radius 2 is 1.82 bits per heavy atom. The van der Waals surface area contributed by atoms with Crippen molar-refractivity contribution in [1.82, 2.24) is 5.32 Å². The highest BCUT2D eigenvalue weighted by atomic mass is 19.4. The van der Waals surface area contributed by atoms with Crippen LogP contribution in [0.4, 0.5) is 13.2 Å². The van der Waals surface area contributed by atoms with Crippen LogP contribution >= 0.6 is 0 Å². The number of halogens is 3. The molecule has 2 saturated carbocycles. The molecule has 0 spiro atoms. The number of nitrogens with one attached hydrogen (secondary N) is 1. The molecule has 3 aliphatic rings. The van der Waals surface area contributed by atoms with Gasteiger partial charge in [-0.1, -0.05) is 6.07 Å². The summed E-state index contributed by atoms with van der Waals surface area (Å²) < 4.78 is 37.6. The number of Topliss-reactive ketones (excluding diaryl/α,β-unsaturated/α-hetero) is 4. The van der Waals surface area contributed by atoms with Gasteiger partial charge in [-0.05, 0) is 36.0 Å². The van der Waals surface area contributed by atoms with Gasteiger partial charge >= 0.3 is 6.18 Å². The van der Waals surface area contributed by atoms with Gasteiger partial charge < -0.3 is 21.3 Å². The predicted molar refractivity (Wildman–Crippen MR) is 106 cm³/mol. The van der Waals surface area contributed by atoms with Crippen molar-refractivity contribution in [3.63, 3.8) is 0 Å². The average molecular weight is 482 g/mol. The first-order valence-electron chi connectivity index (χ1n) is 10.6. The fourth-order valence-electron chi connectivity index (χ4n) is 5.54. The number of hydrogen-bond acceptors (Lipinski definition) is 8. The SMILES string of the molecule is NC(=O)C1C(=O)C[C@@H]2C[C@@H]3Cc4c(CNCC(F)(F)F)ccc(O)c4C(=O)C3C(=O)[C@]2(O)C1=O. The lowest BCUT2D eigenvalue weighted by atomic mass is 9.53. The van der Waals surface area contributed by atoms with E-state index in [-0.39, 0.29) is 30.5 Å². The van der Waals surface area contributed by atoms with Gasteiger partial charge in [0.2, 0.25) is 5.91 Å². The molecular formula is C22H21F3N2O7. The average Bonchev–Trinajstić information content (AvgIpc) is 2.71. The van der Waals surface area contributed by atoms with Crippen molar-refractivity contribution < 1.29 is 47.4 Å². The van der Waals surface area contributed by atoms with E-state index in [1.807, 2.05) is 0 Å². The molecule has 5 N–H and O–H groups in total. The third kappa shape index (κ3) is 3.61. The minimum Gasteiger partial charge on any atom is -0.507 e. The lowest BCUT2D eigenvalue weighted by Gasteiger charge is -2.48. The monoisotopic (exact) mass is 482 g/mol. The minimum atomic E-state index is -4.46. The Bertz CT molecular complexity index is 1130. The van der Waals surface area contributed by atoms with Crippen LogP contribution in [0.2, 0.25) is 0 Å². The molecule has 5 atom stereocenters. The van der Waals surface area contributed by atoms with E-state index in [9.17, 15) is 47.4 Å². The first-order valence-corrected chi connectivity index (χ1v) is 10.6. The van der Waals surface area contributed by atoms with Crippen LogP contribution in [-0.2, 0) is 32.1 Å². The zero-order valence-corrected chi connectivity index (χ0v) is 17.6. The van der Waals surface area contributed by atoms with Crippen LogP contribution in [0.3, 0.4) is 0 Å². The Hall–Kier alpha value is -3.12. The molecular weight excluding hydrogens is 461 g/mol. The number of ketones is 4. The highest BCUT2D eigenvalue weighted by Crippen LogP contribution is 2.50. The van der Waals surface area contributed by atoms with Crippen LogP contribution in [0, 0.1) is 23.7 Å². The van der Waals surface area contributed by atoms with Crippen LogP contribution in [0.25, 0.3) is 0 Å². The number of amides is 1. The van der Waals surface area contributed by atoms with Gasteiger partial charge in [0.1, 0.15) is 5.75 Å². The molecule has 3 aliphatic carbocycles. The largest absolute Gasteiger partial charge is 0.507 e. The first-order chi connectivity index (χ1) is 15.8. The molecule has 2 unspecified atom stereocenters. The number of hydrogen-bond donors (Lipinski definition) is 4. The third-order valence-electron chi connectivity index (χ3n) is 7.02. The molecule has 0 aromatic heterocycles. The van der Waals surface area contributed by atoms with Crippen LogP contribution in [-0.4, -0.2) is 57.6 Å². The van der Waals surface area contributed by atoms with Crippen LogP contribution < -0.4 is 11.1 Å². The molecule has 1 amide bonds. The van der Waals surface area contributed by atoms with Gasteiger partial charge in [-0.2, -0.15) is 13.2 Å². The van der Waals surface area contributed by atoms with E-state index in [1.54, 1.807) is 0 Å². The van der Waals surface area contributed by atoms with Crippen molar-refractivity contribution in [2.24, 2.45) is 29.4 Å². The van der Waals surface area contributed by atoms with Crippen molar-refractivity contribution in [3.05, 3.63) is 28.8 Å². The molecule has 12 heteroatoms. The number of aromatic hydroxyl groups is 1. The van der Waals surface area contributed by atoms with Crippen molar-refractivity contribution in [1.29, 1.82) is 0 Å². The fourth-order valence-corrected chi connectivity index (χ4v) is 5.54. The zero-order chi connectivity index (χ0) is 25.2. The summed E-state index contributed by atoms with van der Waals surface area (Å²) in [5.41, 5.74) is 2.71. The Kier molecular flexibility index (Phi) is 5.64. The van der Waals surface area contributed by atoms with Crippen molar-refractivity contribution in [2.45, 2.75) is 37.6 Å². The topological polar surface area (TPSA) is 164 Å². The van der Waals surface area contributed by atoms with Gasteiger partial charge in [-0.25, -0.2) is 0 Å². The van der Waals surface area contributed by atoms with Gasteiger partial charge in [0.05, 0.1) is 18.0 Å². The van der Waals surface area contributed by atoms with E-state index in [1.165, 1.54) is 6.07 Å². The number of alkyl halides is 3. The maximum absolute atomic E-state index is 13.3. The summed E-state index contributed by atoms with van der Waals surface area (Å²) in [6.45, 7) is -1.53. The van der Waals surface area contributed by atoms with Gasteiger partial charge in [0.25, 0.3) is 0 Å². The normalized spacial score (nSPS) is 31.1. The number of rotatable bonds is 4. The van der Waals surface area contributed by atoms with Gasteiger partial charge in [-0.15, -0.1) is 0 Å². The van der Waals surface area contributed by atoms with Gasteiger partial charge in [0.15, 0.2) is 34.7 Å². The van der Waals surface area contributed by atoms with E-state index in [2.05, 4.69) is 5.32 Å². The number of benzene rings is 1. The van der Waals surface area contributed by atoms with E-state index < -0.39 is 83.2 Å². The smallest absolute Gasteiger partial charge is 0.401 e. The van der Waals surface area contributed by atoms with Gasteiger partial charge in [-0.3, -0.25) is 24.0 Å². The van der Waals surface area contributed by atoms with Crippen molar-refractivity contribution in [2.75, 3.05) is 6.54 Å². The second kappa shape index (κ2) is 7.98. The van der Waals surface area contributed by atoms with E-state index in [0.29, 0.717) is 5.56 Å². The maximum atomic E-state index is 13.3. The van der Waals surface area contributed by atoms with Crippen LogP contribution in [0.1, 0.15) is 34.3 Å². The molecule has 0 bridgehead atoms. The maximum Gasteiger partial charge on any atom is 0.401 e. The van der Waals surface area contributed by atoms with Crippen molar-refractivity contribution >= 4 is 29.0 Å². The molecule has 0 radical (unpaired) electrons. The molecule has 0 saturated heterocycles. The molecule has 182 valence electrons. The summed E-state index contributed by atoms with van der Waals surface area (Å²) in [5, 5.41) is 23.6. The summed E-state index contributed by atoms with van der Waals surface area (Å²) in [6.07, 6.45) is -5.01. The lowest BCUT2D eigenvalue weighted by Crippen LogP contribution is -2.68. The number of primary amides is 1. The van der Waals surface area contributed by atoms with E-state index in [4.69, 9.17) is 5.73 Å². The number of carbonyl (C=O) groups excluding carboxylic acids is 5. The Morgan fingerprint density at radius 1 is 1.15 bits per heavy atom. The Labute approximate surface area is 190 Å². The molecule has 2 fully saturated rings. The number of phenols is 1. The quantitative estimate of drug-likeness (QED) is 0.435. The van der Waals surface area contributed by atoms with Crippen LogP contribution in [0.5, 0.6) is 5.75 Å². The predicted octanol–water partition coefficient (Wildman–Crippen LogP) is -0.0212. The summed E-state index contributed by atoms with van der Waals surface area (Å²) in [6, 6.07) is 2.50. The third-order valence-corrected chi connectivity index (χ3v) is 7.02. The number of nitrogens with two attached hydrogens (primary N) is 1. The summed E-state index contributed by atoms with van der Waals surface area (Å²) >= 11 is 0. The molecule has 0 aliphatic heterocycles. The van der Waals surface area contributed by atoms with E-state index >= 15 is 0 Å². The molecule has 0 heterocycles. The molecule has 9 nitrogen and oxygen atoms in total. The fraction of sp³-hybridized carbons (Fsp3) is 0.500. The van der Waals surface area contributed by atoms with Gasteiger partial charge in [0, 0.05) is 18.9 Å². The zero-order valence-electron chi connectivity index (χ0n) is 17.6.